The highest BCUT2D eigenvalue weighted by atomic mass is 16.5. The summed E-state index contributed by atoms with van der Waals surface area (Å²) in [5, 5.41) is 0. The Bertz CT molecular complexity index is 322. The Morgan fingerprint density at radius 1 is 1.33 bits per heavy atom. The van der Waals surface area contributed by atoms with E-state index < -0.39 is 0 Å². The highest BCUT2D eigenvalue weighted by molar-refractivity contribution is 5.33. The Hall–Kier alpha value is -0.860. The first-order chi connectivity index (χ1) is 7.06. The van der Waals surface area contributed by atoms with E-state index in [1.54, 1.807) is 0 Å². The van der Waals surface area contributed by atoms with Crippen LogP contribution in [-0.4, -0.2) is 12.7 Å². The van der Waals surface area contributed by atoms with E-state index in [4.69, 9.17) is 10.5 Å². The molecule has 1 rings (SSSR count). The topological polar surface area (TPSA) is 35.2 Å². The maximum absolute atomic E-state index is 6.17. The molecular weight excluding hydrogens is 186 g/mol. The summed E-state index contributed by atoms with van der Waals surface area (Å²) in [6.07, 6.45) is 0.0653. The van der Waals surface area contributed by atoms with E-state index in [2.05, 4.69) is 32.0 Å². The molecule has 2 atom stereocenters. The van der Waals surface area contributed by atoms with Crippen LogP contribution in [0, 0.1) is 13.8 Å². The van der Waals surface area contributed by atoms with Crippen molar-refractivity contribution in [2.24, 2.45) is 5.73 Å². The summed E-state index contributed by atoms with van der Waals surface area (Å²) in [7, 11) is 0. The fourth-order valence-corrected chi connectivity index (χ4v) is 1.74. The molecule has 0 spiro atoms. The Morgan fingerprint density at radius 3 is 2.60 bits per heavy atom. The monoisotopic (exact) mass is 207 g/mol. The number of benzene rings is 1. The molecule has 0 aromatic heterocycles. The first kappa shape index (κ1) is 12.2. The lowest BCUT2D eigenvalue weighted by molar-refractivity contribution is 0.0573. The Kier molecular flexibility index (Phi) is 4.30. The molecule has 2 nitrogen and oxygen atoms in total. The number of aryl methyl sites for hydroxylation is 2. The molecule has 0 fully saturated rings. The molecule has 0 aliphatic heterocycles. The van der Waals surface area contributed by atoms with Crippen molar-refractivity contribution in [1.82, 2.24) is 0 Å². The largest absolute Gasteiger partial charge is 0.377 e. The number of nitrogens with two attached hydrogens (primary N) is 1. The van der Waals surface area contributed by atoms with Crippen LogP contribution >= 0.6 is 0 Å². The first-order valence-corrected chi connectivity index (χ1v) is 5.50. The van der Waals surface area contributed by atoms with Gasteiger partial charge in [-0.1, -0.05) is 23.8 Å². The summed E-state index contributed by atoms with van der Waals surface area (Å²) >= 11 is 0. The van der Waals surface area contributed by atoms with E-state index in [-0.39, 0.29) is 12.1 Å². The molecule has 15 heavy (non-hydrogen) atoms. The number of rotatable bonds is 4. The molecule has 0 saturated carbocycles. The molecule has 1 aromatic rings. The third-order valence-corrected chi connectivity index (χ3v) is 2.73. The van der Waals surface area contributed by atoms with Crippen LogP contribution in [0.2, 0.25) is 0 Å². The SMILES string of the molecule is CCOC(C)C(N)c1cc(C)ccc1C. The molecule has 0 bridgehead atoms. The molecule has 0 saturated heterocycles. The second kappa shape index (κ2) is 5.29. The lowest BCUT2D eigenvalue weighted by Crippen LogP contribution is -2.27. The number of hydrogen-bond acceptors (Lipinski definition) is 2. The van der Waals surface area contributed by atoms with Crippen molar-refractivity contribution in [1.29, 1.82) is 0 Å². The van der Waals surface area contributed by atoms with Crippen LogP contribution in [0.3, 0.4) is 0 Å². The molecule has 2 heteroatoms. The zero-order chi connectivity index (χ0) is 11.4. The van der Waals surface area contributed by atoms with Crippen molar-refractivity contribution in [3.63, 3.8) is 0 Å². The molecule has 2 unspecified atom stereocenters. The van der Waals surface area contributed by atoms with E-state index in [0.29, 0.717) is 6.61 Å². The van der Waals surface area contributed by atoms with E-state index in [1.165, 1.54) is 16.7 Å². The minimum atomic E-state index is -0.0372. The molecule has 1 aromatic carbocycles. The van der Waals surface area contributed by atoms with Crippen LogP contribution in [-0.2, 0) is 4.74 Å². The van der Waals surface area contributed by atoms with Gasteiger partial charge >= 0.3 is 0 Å². The third kappa shape index (κ3) is 3.05. The van der Waals surface area contributed by atoms with E-state index >= 15 is 0 Å². The van der Waals surface area contributed by atoms with Gasteiger partial charge in [-0.2, -0.15) is 0 Å². The molecule has 84 valence electrons. The van der Waals surface area contributed by atoms with Crippen molar-refractivity contribution in [3.05, 3.63) is 34.9 Å². The third-order valence-electron chi connectivity index (χ3n) is 2.73. The minimum absolute atomic E-state index is 0.0372. The van der Waals surface area contributed by atoms with Gasteiger partial charge in [0.25, 0.3) is 0 Å². The van der Waals surface area contributed by atoms with Crippen molar-refractivity contribution in [3.8, 4) is 0 Å². The van der Waals surface area contributed by atoms with Crippen molar-refractivity contribution < 1.29 is 4.74 Å². The van der Waals surface area contributed by atoms with Gasteiger partial charge in [0.1, 0.15) is 0 Å². The molecule has 0 radical (unpaired) electrons. The van der Waals surface area contributed by atoms with Gasteiger partial charge in [0, 0.05) is 6.61 Å². The molecule has 0 heterocycles. The zero-order valence-electron chi connectivity index (χ0n) is 10.1. The molecule has 0 amide bonds. The second-order valence-corrected chi connectivity index (χ2v) is 4.05. The average molecular weight is 207 g/mol. The van der Waals surface area contributed by atoms with Crippen LogP contribution in [0.1, 0.15) is 36.6 Å². The number of ether oxygens (including phenoxy) is 1. The summed E-state index contributed by atoms with van der Waals surface area (Å²) in [6, 6.07) is 6.33. The van der Waals surface area contributed by atoms with Crippen molar-refractivity contribution in [2.75, 3.05) is 6.61 Å². The van der Waals surface area contributed by atoms with Crippen LogP contribution in [0.4, 0.5) is 0 Å². The van der Waals surface area contributed by atoms with Crippen LogP contribution in [0.5, 0.6) is 0 Å². The Morgan fingerprint density at radius 2 is 2.00 bits per heavy atom. The summed E-state index contributed by atoms with van der Waals surface area (Å²) in [4.78, 5) is 0. The van der Waals surface area contributed by atoms with Gasteiger partial charge in [0.2, 0.25) is 0 Å². The maximum Gasteiger partial charge on any atom is 0.0739 e. The van der Waals surface area contributed by atoms with Crippen molar-refractivity contribution >= 4 is 0 Å². The van der Waals surface area contributed by atoms with E-state index in [0.717, 1.165) is 0 Å². The van der Waals surface area contributed by atoms with Gasteiger partial charge in [-0.3, -0.25) is 0 Å². The number of hydrogen-bond donors (Lipinski definition) is 1. The lowest BCUT2D eigenvalue weighted by Gasteiger charge is -2.22. The first-order valence-electron chi connectivity index (χ1n) is 5.50. The zero-order valence-corrected chi connectivity index (χ0v) is 10.1. The van der Waals surface area contributed by atoms with Gasteiger partial charge in [0.15, 0.2) is 0 Å². The summed E-state index contributed by atoms with van der Waals surface area (Å²) in [5.41, 5.74) is 9.84. The summed E-state index contributed by atoms with van der Waals surface area (Å²) in [5.74, 6) is 0. The van der Waals surface area contributed by atoms with Crippen molar-refractivity contribution in [2.45, 2.75) is 39.8 Å². The summed E-state index contributed by atoms with van der Waals surface area (Å²) in [6.45, 7) is 8.90. The quantitative estimate of drug-likeness (QED) is 0.824. The van der Waals surface area contributed by atoms with Gasteiger partial charge in [0.05, 0.1) is 12.1 Å². The molecular formula is C13H21NO. The van der Waals surface area contributed by atoms with Crippen LogP contribution < -0.4 is 5.73 Å². The second-order valence-electron chi connectivity index (χ2n) is 4.05. The van der Waals surface area contributed by atoms with Crippen LogP contribution in [0.25, 0.3) is 0 Å². The minimum Gasteiger partial charge on any atom is -0.377 e. The van der Waals surface area contributed by atoms with E-state index in [1.807, 2.05) is 13.8 Å². The average Bonchev–Trinajstić information content (AvgIpc) is 2.21. The van der Waals surface area contributed by atoms with E-state index in [9.17, 15) is 0 Å². The predicted molar refractivity (Wildman–Crippen MR) is 63.9 cm³/mol. The molecule has 0 aliphatic rings. The lowest BCUT2D eigenvalue weighted by atomic mass is 9.96. The predicted octanol–water partition coefficient (Wildman–Crippen LogP) is 2.73. The standard InChI is InChI=1S/C13H21NO/c1-5-15-11(4)13(14)12-8-9(2)6-7-10(12)3/h6-8,11,13H,5,14H2,1-4H3. The Balaban J connectivity index is 2.89. The summed E-state index contributed by atoms with van der Waals surface area (Å²) < 4.78 is 5.53. The smallest absolute Gasteiger partial charge is 0.0739 e. The fourth-order valence-electron chi connectivity index (χ4n) is 1.74. The van der Waals surface area contributed by atoms with Gasteiger partial charge in [-0.05, 0) is 38.8 Å². The van der Waals surface area contributed by atoms with Gasteiger partial charge < -0.3 is 10.5 Å². The Labute approximate surface area is 92.4 Å². The van der Waals surface area contributed by atoms with Crippen LogP contribution in [0.15, 0.2) is 18.2 Å². The van der Waals surface area contributed by atoms with Gasteiger partial charge in [-0.15, -0.1) is 0 Å². The normalized spacial score (nSPS) is 15.0. The molecule has 0 aliphatic carbocycles. The highest BCUT2D eigenvalue weighted by Crippen LogP contribution is 2.21. The highest BCUT2D eigenvalue weighted by Gasteiger charge is 2.16. The maximum atomic E-state index is 6.17. The van der Waals surface area contributed by atoms with Gasteiger partial charge in [-0.25, -0.2) is 0 Å². The molecule has 2 N–H and O–H groups in total. The fraction of sp³-hybridized carbons (Fsp3) is 0.538.